The molecule has 0 fully saturated rings. The summed E-state index contributed by atoms with van der Waals surface area (Å²) < 4.78 is 9.78. The van der Waals surface area contributed by atoms with Crippen molar-refractivity contribution in [2.45, 2.75) is 13.1 Å². The Bertz CT molecular complexity index is 1650. The van der Waals surface area contributed by atoms with Gasteiger partial charge in [-0.15, -0.1) is 6.42 Å². The maximum absolute atomic E-state index is 12.6. The predicted octanol–water partition coefficient (Wildman–Crippen LogP) is 2.85. The molecule has 4 rings (SSSR count). The Kier molecular flexibility index (Phi) is 10.3. The van der Waals surface area contributed by atoms with Crippen molar-refractivity contribution < 1.29 is 23.9 Å². The number of fused-ring (bicyclic) bond motifs is 1. The molecular weight excluding hydrogens is 534 g/mol. The molecule has 3 aromatic carbocycles. The summed E-state index contributed by atoms with van der Waals surface area (Å²) in [6.45, 7) is 0.689. The number of ether oxygens (including phenoxy) is 2. The molecule has 4 aromatic rings. The second-order valence-electron chi connectivity index (χ2n) is 9.33. The Hall–Kier alpha value is -5.11. The van der Waals surface area contributed by atoms with E-state index in [9.17, 15) is 14.4 Å². The number of rotatable bonds is 12. The standard InChI is InChI=1S/C32H31N5O5/c1-4-13-33-32(40)25-11-12-26-27(16-25)37-31(24-10-6-8-22(15-24)18-35-29(39)20-42-3)30(36-26)23-9-5-7-21(14-23)17-34-28(38)19-41-2/h1,5-12,14-16H,13,17-20H2,2-3H3,(H,33,40)(H,34,38)(H,35,39). The average molecular weight is 566 g/mol. The molecule has 214 valence electrons. The van der Waals surface area contributed by atoms with Crippen LogP contribution in [0.5, 0.6) is 0 Å². The molecule has 0 aliphatic heterocycles. The van der Waals surface area contributed by atoms with Crippen LogP contribution in [0.4, 0.5) is 0 Å². The van der Waals surface area contributed by atoms with Gasteiger partial charge in [0.1, 0.15) is 13.2 Å². The van der Waals surface area contributed by atoms with Gasteiger partial charge in [0, 0.05) is 44.0 Å². The van der Waals surface area contributed by atoms with Crippen LogP contribution >= 0.6 is 0 Å². The van der Waals surface area contributed by atoms with Crippen molar-refractivity contribution in [2.75, 3.05) is 34.0 Å². The number of hydrogen-bond acceptors (Lipinski definition) is 7. The first-order valence-electron chi connectivity index (χ1n) is 13.1. The van der Waals surface area contributed by atoms with Gasteiger partial charge in [-0.1, -0.05) is 42.3 Å². The Balaban J connectivity index is 1.77. The molecule has 0 aliphatic rings. The maximum atomic E-state index is 12.6. The van der Waals surface area contributed by atoms with E-state index in [1.165, 1.54) is 14.2 Å². The van der Waals surface area contributed by atoms with Gasteiger partial charge < -0.3 is 25.4 Å². The number of nitrogens with one attached hydrogen (secondary N) is 3. The number of carbonyl (C=O) groups excluding carboxylic acids is 3. The number of hydrogen-bond donors (Lipinski definition) is 3. The van der Waals surface area contributed by atoms with Gasteiger partial charge in [0.15, 0.2) is 0 Å². The molecule has 0 saturated carbocycles. The van der Waals surface area contributed by atoms with Gasteiger partial charge >= 0.3 is 0 Å². The van der Waals surface area contributed by atoms with Crippen molar-refractivity contribution in [3.05, 3.63) is 83.4 Å². The van der Waals surface area contributed by atoms with E-state index in [-0.39, 0.29) is 37.5 Å². The molecule has 1 heterocycles. The first-order valence-corrected chi connectivity index (χ1v) is 13.1. The zero-order valence-electron chi connectivity index (χ0n) is 23.4. The summed E-state index contributed by atoms with van der Waals surface area (Å²) in [6.07, 6.45) is 5.28. The highest BCUT2D eigenvalue weighted by Gasteiger charge is 2.16. The van der Waals surface area contributed by atoms with Gasteiger partial charge in [0.05, 0.1) is 29.0 Å². The lowest BCUT2D eigenvalue weighted by molar-refractivity contribution is -0.125. The van der Waals surface area contributed by atoms with E-state index in [1.807, 2.05) is 48.5 Å². The summed E-state index contributed by atoms with van der Waals surface area (Å²) in [5, 5.41) is 8.33. The second-order valence-corrected chi connectivity index (χ2v) is 9.33. The number of methoxy groups -OCH3 is 2. The average Bonchev–Trinajstić information content (AvgIpc) is 3.01. The highest BCUT2D eigenvalue weighted by atomic mass is 16.5. The minimum Gasteiger partial charge on any atom is -0.375 e. The van der Waals surface area contributed by atoms with Gasteiger partial charge in [-0.05, 0) is 41.5 Å². The van der Waals surface area contributed by atoms with Crippen molar-refractivity contribution in [1.29, 1.82) is 0 Å². The molecular formula is C32H31N5O5. The molecule has 0 radical (unpaired) electrons. The lowest BCUT2D eigenvalue weighted by Gasteiger charge is -2.14. The van der Waals surface area contributed by atoms with E-state index < -0.39 is 0 Å². The number of carbonyl (C=O) groups is 3. The third-order valence-corrected chi connectivity index (χ3v) is 6.21. The van der Waals surface area contributed by atoms with Crippen LogP contribution in [-0.4, -0.2) is 61.7 Å². The van der Waals surface area contributed by atoms with E-state index in [2.05, 4.69) is 21.9 Å². The zero-order valence-corrected chi connectivity index (χ0v) is 23.4. The Labute approximate surface area is 243 Å². The van der Waals surface area contributed by atoms with Crippen molar-refractivity contribution in [3.8, 4) is 34.9 Å². The monoisotopic (exact) mass is 565 g/mol. The number of amides is 3. The SMILES string of the molecule is C#CCNC(=O)c1ccc2nc(-c3cccc(CNC(=O)COC)c3)c(-c3cccc(CNC(=O)COC)c3)nc2c1. The quantitative estimate of drug-likeness (QED) is 0.225. The molecule has 42 heavy (non-hydrogen) atoms. The van der Waals surface area contributed by atoms with E-state index in [0.29, 0.717) is 41.1 Å². The lowest BCUT2D eigenvalue weighted by Crippen LogP contribution is -2.26. The van der Waals surface area contributed by atoms with Crippen LogP contribution in [0.2, 0.25) is 0 Å². The third-order valence-electron chi connectivity index (χ3n) is 6.21. The van der Waals surface area contributed by atoms with Crippen molar-refractivity contribution in [3.63, 3.8) is 0 Å². The summed E-state index contributed by atoms with van der Waals surface area (Å²) in [7, 11) is 2.93. The van der Waals surface area contributed by atoms with Crippen molar-refractivity contribution in [2.24, 2.45) is 0 Å². The highest BCUT2D eigenvalue weighted by molar-refractivity contribution is 5.98. The normalized spacial score (nSPS) is 10.6. The van der Waals surface area contributed by atoms with Crippen LogP contribution in [0.15, 0.2) is 66.7 Å². The lowest BCUT2D eigenvalue weighted by atomic mass is 10.00. The Morgan fingerprint density at radius 1 is 0.738 bits per heavy atom. The highest BCUT2D eigenvalue weighted by Crippen LogP contribution is 2.32. The van der Waals surface area contributed by atoms with Crippen LogP contribution < -0.4 is 16.0 Å². The van der Waals surface area contributed by atoms with Crippen molar-refractivity contribution in [1.82, 2.24) is 25.9 Å². The molecule has 3 amide bonds. The van der Waals surface area contributed by atoms with E-state index in [4.69, 9.17) is 25.9 Å². The van der Waals surface area contributed by atoms with Gasteiger partial charge in [-0.2, -0.15) is 0 Å². The number of benzene rings is 3. The number of nitrogens with zero attached hydrogens (tertiary/aromatic N) is 2. The minimum absolute atomic E-state index is 0.0228. The first-order chi connectivity index (χ1) is 20.4. The van der Waals surface area contributed by atoms with E-state index >= 15 is 0 Å². The topological polar surface area (TPSA) is 132 Å². The Morgan fingerprint density at radius 3 is 1.81 bits per heavy atom. The molecule has 0 spiro atoms. The molecule has 10 nitrogen and oxygen atoms in total. The second kappa shape index (κ2) is 14.5. The predicted molar refractivity (Wildman–Crippen MR) is 159 cm³/mol. The summed E-state index contributed by atoms with van der Waals surface area (Å²) in [4.78, 5) is 46.3. The van der Waals surface area contributed by atoms with Crippen LogP contribution in [0, 0.1) is 12.3 Å². The van der Waals surface area contributed by atoms with Crippen LogP contribution in [0.25, 0.3) is 33.5 Å². The third kappa shape index (κ3) is 7.75. The first kappa shape index (κ1) is 29.9. The molecule has 0 bridgehead atoms. The van der Waals surface area contributed by atoms with E-state index in [1.54, 1.807) is 18.2 Å². The molecule has 0 aliphatic carbocycles. The molecule has 0 saturated heterocycles. The molecule has 3 N–H and O–H groups in total. The summed E-state index contributed by atoms with van der Waals surface area (Å²) in [6, 6.07) is 20.4. The minimum atomic E-state index is -0.306. The smallest absolute Gasteiger partial charge is 0.252 e. The van der Waals surface area contributed by atoms with Crippen LogP contribution in [-0.2, 0) is 32.2 Å². The fourth-order valence-corrected chi connectivity index (χ4v) is 4.25. The van der Waals surface area contributed by atoms with Gasteiger partial charge in [0.25, 0.3) is 5.91 Å². The van der Waals surface area contributed by atoms with E-state index in [0.717, 1.165) is 22.3 Å². The molecule has 10 heteroatoms. The number of aromatic nitrogens is 2. The van der Waals surface area contributed by atoms with Gasteiger partial charge in [-0.25, -0.2) is 9.97 Å². The zero-order chi connectivity index (χ0) is 29.9. The van der Waals surface area contributed by atoms with Crippen LogP contribution in [0.1, 0.15) is 21.5 Å². The van der Waals surface area contributed by atoms with Crippen LogP contribution in [0.3, 0.4) is 0 Å². The summed E-state index contributed by atoms with van der Waals surface area (Å²) in [5.74, 6) is 1.65. The van der Waals surface area contributed by atoms with Gasteiger partial charge in [-0.3, -0.25) is 14.4 Å². The van der Waals surface area contributed by atoms with Crippen molar-refractivity contribution >= 4 is 28.8 Å². The largest absolute Gasteiger partial charge is 0.375 e. The summed E-state index contributed by atoms with van der Waals surface area (Å²) >= 11 is 0. The maximum Gasteiger partial charge on any atom is 0.252 e. The fraction of sp³-hybridized carbons (Fsp3) is 0.219. The molecule has 1 aromatic heterocycles. The summed E-state index contributed by atoms with van der Waals surface area (Å²) in [5.41, 5.74) is 6.07. The molecule has 0 atom stereocenters. The van der Waals surface area contributed by atoms with Gasteiger partial charge in [0.2, 0.25) is 11.8 Å². The Morgan fingerprint density at radius 2 is 1.29 bits per heavy atom. The number of terminal acetylenes is 1. The molecule has 0 unspecified atom stereocenters. The fourth-order valence-electron chi connectivity index (χ4n) is 4.25.